The third kappa shape index (κ3) is 3.71. The van der Waals surface area contributed by atoms with Gasteiger partial charge in [0.25, 0.3) is 0 Å². The topological polar surface area (TPSA) is 67.6 Å². The van der Waals surface area contributed by atoms with Gasteiger partial charge in [-0.2, -0.15) is 0 Å². The van der Waals surface area contributed by atoms with Crippen LogP contribution >= 0.6 is 0 Å². The highest BCUT2D eigenvalue weighted by atomic mass is 16.5. The summed E-state index contributed by atoms with van der Waals surface area (Å²) in [5, 5.41) is 3.32. The molecule has 1 heterocycles. The first kappa shape index (κ1) is 14.8. The van der Waals surface area contributed by atoms with Gasteiger partial charge in [0.1, 0.15) is 0 Å². The largest absolute Gasteiger partial charge is 0.398 e. The highest BCUT2D eigenvalue weighted by Gasteiger charge is 2.18. The highest BCUT2D eigenvalue weighted by molar-refractivity contribution is 5.99. The summed E-state index contributed by atoms with van der Waals surface area (Å²) >= 11 is 0. The van der Waals surface area contributed by atoms with E-state index < -0.39 is 0 Å². The van der Waals surface area contributed by atoms with Crippen LogP contribution in [0.5, 0.6) is 0 Å². The molecule has 1 unspecified atom stereocenters. The zero-order valence-corrected chi connectivity index (χ0v) is 12.2. The molecule has 1 fully saturated rings. The Morgan fingerprint density at radius 3 is 3.05 bits per heavy atom. The van der Waals surface area contributed by atoms with Crippen molar-refractivity contribution in [3.63, 3.8) is 0 Å². The van der Waals surface area contributed by atoms with Crippen LogP contribution in [0.2, 0.25) is 0 Å². The molecule has 0 amide bonds. The number of benzene rings is 1. The Labute approximate surface area is 120 Å². The molecule has 0 spiro atoms. The van der Waals surface area contributed by atoms with Gasteiger partial charge in [0, 0.05) is 36.6 Å². The van der Waals surface area contributed by atoms with Gasteiger partial charge in [-0.3, -0.25) is 9.69 Å². The second kappa shape index (κ2) is 6.72. The minimum atomic E-state index is -0.0165. The second-order valence-corrected chi connectivity index (χ2v) is 5.13. The standard InChI is InChI=1S/C15H23N3O2/c1-3-18-6-7-20-13(10-18)9-17-12-4-5-15(16)14(8-12)11(2)19/h4-5,8,13,17H,3,6-7,9-10,16H2,1-2H3. The van der Waals surface area contributed by atoms with Gasteiger partial charge in [-0.1, -0.05) is 6.92 Å². The number of carbonyl (C=O) groups excluding carboxylic acids is 1. The van der Waals surface area contributed by atoms with Gasteiger partial charge in [-0.05, 0) is 31.7 Å². The van der Waals surface area contributed by atoms with Crippen LogP contribution in [-0.2, 0) is 4.74 Å². The number of nitrogens with two attached hydrogens (primary N) is 1. The molecule has 5 nitrogen and oxygen atoms in total. The minimum Gasteiger partial charge on any atom is -0.398 e. The van der Waals surface area contributed by atoms with Crippen LogP contribution in [0.4, 0.5) is 11.4 Å². The number of nitrogen functional groups attached to an aromatic ring is 1. The normalized spacial score (nSPS) is 19.8. The maximum Gasteiger partial charge on any atom is 0.161 e. The number of morpholine rings is 1. The molecule has 2 rings (SSSR count). The van der Waals surface area contributed by atoms with E-state index in [9.17, 15) is 4.79 Å². The Morgan fingerprint density at radius 2 is 2.35 bits per heavy atom. The Morgan fingerprint density at radius 1 is 1.55 bits per heavy atom. The van der Waals surface area contributed by atoms with Gasteiger partial charge in [-0.15, -0.1) is 0 Å². The lowest BCUT2D eigenvalue weighted by molar-refractivity contribution is -0.0191. The van der Waals surface area contributed by atoms with Crippen LogP contribution in [0, 0.1) is 0 Å². The molecule has 1 aromatic carbocycles. The number of anilines is 2. The number of nitrogens with one attached hydrogen (secondary N) is 1. The molecular weight excluding hydrogens is 254 g/mol. The molecular formula is C15H23N3O2. The maximum atomic E-state index is 11.5. The van der Waals surface area contributed by atoms with E-state index in [4.69, 9.17) is 10.5 Å². The molecule has 0 aliphatic carbocycles. The smallest absolute Gasteiger partial charge is 0.161 e. The van der Waals surface area contributed by atoms with Crippen molar-refractivity contribution in [3.05, 3.63) is 23.8 Å². The average Bonchev–Trinajstić information content (AvgIpc) is 2.46. The van der Waals surface area contributed by atoms with Crippen molar-refractivity contribution in [2.45, 2.75) is 20.0 Å². The van der Waals surface area contributed by atoms with Crippen LogP contribution in [0.3, 0.4) is 0 Å². The predicted molar refractivity (Wildman–Crippen MR) is 81.2 cm³/mol. The molecule has 20 heavy (non-hydrogen) atoms. The Balaban J connectivity index is 1.93. The van der Waals surface area contributed by atoms with E-state index in [1.54, 1.807) is 12.1 Å². The zero-order chi connectivity index (χ0) is 14.5. The number of likely N-dealkylation sites (N-methyl/N-ethyl adjacent to an activating group) is 1. The molecule has 1 aromatic rings. The lowest BCUT2D eigenvalue weighted by Crippen LogP contribution is -2.45. The second-order valence-electron chi connectivity index (χ2n) is 5.13. The fraction of sp³-hybridized carbons (Fsp3) is 0.533. The first-order valence-electron chi connectivity index (χ1n) is 7.08. The minimum absolute atomic E-state index is 0.0165. The SMILES string of the molecule is CCN1CCOC(CNc2ccc(N)c(C(C)=O)c2)C1. The number of ketones is 1. The van der Waals surface area contributed by atoms with E-state index in [1.807, 2.05) is 6.07 Å². The van der Waals surface area contributed by atoms with Crippen molar-refractivity contribution in [1.29, 1.82) is 0 Å². The number of nitrogens with zero attached hydrogens (tertiary/aromatic N) is 1. The highest BCUT2D eigenvalue weighted by Crippen LogP contribution is 2.18. The summed E-state index contributed by atoms with van der Waals surface area (Å²) in [5.41, 5.74) is 7.78. The lowest BCUT2D eigenvalue weighted by atomic mass is 10.1. The van der Waals surface area contributed by atoms with Gasteiger partial charge in [0.05, 0.1) is 12.7 Å². The molecule has 3 N–H and O–H groups in total. The number of Topliss-reactive ketones (excluding diaryl/α,β-unsaturated/α-hetero) is 1. The Kier molecular flexibility index (Phi) is 4.98. The van der Waals surface area contributed by atoms with Crippen molar-refractivity contribution >= 4 is 17.2 Å². The van der Waals surface area contributed by atoms with Crippen LogP contribution in [0.15, 0.2) is 18.2 Å². The zero-order valence-electron chi connectivity index (χ0n) is 12.2. The van der Waals surface area contributed by atoms with E-state index in [1.165, 1.54) is 6.92 Å². The van der Waals surface area contributed by atoms with Crippen molar-refractivity contribution < 1.29 is 9.53 Å². The summed E-state index contributed by atoms with van der Waals surface area (Å²) in [5.74, 6) is -0.0165. The first-order valence-corrected chi connectivity index (χ1v) is 7.08. The summed E-state index contributed by atoms with van der Waals surface area (Å²) in [6.07, 6.45) is 0.182. The van der Waals surface area contributed by atoms with E-state index >= 15 is 0 Å². The summed E-state index contributed by atoms with van der Waals surface area (Å²) in [7, 11) is 0. The van der Waals surface area contributed by atoms with Crippen molar-refractivity contribution in [2.75, 3.05) is 43.8 Å². The number of carbonyl (C=O) groups is 1. The molecule has 1 aliphatic rings. The number of rotatable bonds is 5. The lowest BCUT2D eigenvalue weighted by Gasteiger charge is -2.32. The van der Waals surface area contributed by atoms with Crippen molar-refractivity contribution in [2.24, 2.45) is 0 Å². The molecule has 0 radical (unpaired) electrons. The van der Waals surface area contributed by atoms with Gasteiger partial charge in [0.2, 0.25) is 0 Å². The number of hydrogen-bond donors (Lipinski definition) is 2. The van der Waals surface area contributed by atoms with Gasteiger partial charge < -0.3 is 15.8 Å². The fourth-order valence-corrected chi connectivity index (χ4v) is 2.39. The molecule has 1 saturated heterocycles. The van der Waals surface area contributed by atoms with E-state index in [0.717, 1.165) is 38.5 Å². The molecule has 110 valence electrons. The molecule has 0 bridgehead atoms. The third-order valence-corrected chi connectivity index (χ3v) is 3.64. The van der Waals surface area contributed by atoms with E-state index in [-0.39, 0.29) is 11.9 Å². The average molecular weight is 277 g/mol. The Bertz CT molecular complexity index is 476. The van der Waals surface area contributed by atoms with E-state index in [0.29, 0.717) is 11.3 Å². The van der Waals surface area contributed by atoms with Crippen LogP contribution < -0.4 is 11.1 Å². The van der Waals surface area contributed by atoms with E-state index in [2.05, 4.69) is 17.1 Å². The summed E-state index contributed by atoms with van der Waals surface area (Å²) in [6, 6.07) is 5.46. The predicted octanol–water partition coefficient (Wildman–Crippen LogP) is 1.60. The van der Waals surface area contributed by atoms with Crippen molar-refractivity contribution in [1.82, 2.24) is 4.90 Å². The fourth-order valence-electron chi connectivity index (χ4n) is 2.39. The molecule has 1 aliphatic heterocycles. The molecule has 0 saturated carbocycles. The quantitative estimate of drug-likeness (QED) is 0.632. The maximum absolute atomic E-state index is 11.5. The van der Waals surface area contributed by atoms with Crippen LogP contribution in [0.1, 0.15) is 24.2 Å². The van der Waals surface area contributed by atoms with Crippen LogP contribution in [0.25, 0.3) is 0 Å². The third-order valence-electron chi connectivity index (χ3n) is 3.64. The molecule has 5 heteroatoms. The van der Waals surface area contributed by atoms with Gasteiger partial charge in [-0.25, -0.2) is 0 Å². The monoisotopic (exact) mass is 277 g/mol. The Hall–Kier alpha value is -1.59. The van der Waals surface area contributed by atoms with Gasteiger partial charge >= 0.3 is 0 Å². The molecule has 1 atom stereocenters. The number of ether oxygens (including phenoxy) is 1. The van der Waals surface area contributed by atoms with Crippen molar-refractivity contribution in [3.8, 4) is 0 Å². The molecule has 0 aromatic heterocycles. The van der Waals surface area contributed by atoms with Crippen LogP contribution in [-0.4, -0.2) is 49.6 Å². The summed E-state index contributed by atoms with van der Waals surface area (Å²) in [6.45, 7) is 8.20. The van der Waals surface area contributed by atoms with Gasteiger partial charge in [0.15, 0.2) is 5.78 Å². The number of hydrogen-bond acceptors (Lipinski definition) is 5. The summed E-state index contributed by atoms with van der Waals surface area (Å²) < 4.78 is 5.74. The first-order chi connectivity index (χ1) is 9.60. The summed E-state index contributed by atoms with van der Waals surface area (Å²) in [4.78, 5) is 13.8.